The molecule has 1 heterocycles. The van der Waals surface area contributed by atoms with Crippen LogP contribution in [0.4, 0.5) is 0 Å². The Morgan fingerprint density at radius 1 is 1.24 bits per heavy atom. The van der Waals surface area contributed by atoms with E-state index in [0.29, 0.717) is 0 Å². The van der Waals surface area contributed by atoms with E-state index in [-0.39, 0.29) is 11.4 Å². The third-order valence-electron chi connectivity index (χ3n) is 5.52. The van der Waals surface area contributed by atoms with Crippen molar-refractivity contribution in [2.75, 3.05) is 46.8 Å². The van der Waals surface area contributed by atoms with Crippen LogP contribution in [-0.2, 0) is 4.79 Å². The van der Waals surface area contributed by atoms with Gasteiger partial charge < -0.3 is 15.5 Å². The predicted molar refractivity (Wildman–Crippen MR) is 86.4 cm³/mol. The summed E-state index contributed by atoms with van der Waals surface area (Å²) in [5.74, 6) is 0.164. The Morgan fingerprint density at radius 2 is 1.81 bits per heavy atom. The molecule has 2 N–H and O–H groups in total. The lowest BCUT2D eigenvalue weighted by Crippen LogP contribution is -2.62. The lowest BCUT2D eigenvalue weighted by molar-refractivity contribution is -0.132. The summed E-state index contributed by atoms with van der Waals surface area (Å²) in [5, 5.41) is 6.59. The standard InChI is InChI=1S/C16H32N4O/c1-15(2,20-11-9-17-10-12-20)14(21)18-13-16(19(3)4)7-5-6-8-16/h17H,5-13H2,1-4H3,(H,18,21). The fraction of sp³-hybridized carbons (Fsp3) is 0.938. The topological polar surface area (TPSA) is 47.6 Å². The van der Waals surface area contributed by atoms with Gasteiger partial charge in [-0.05, 0) is 40.8 Å². The summed E-state index contributed by atoms with van der Waals surface area (Å²) in [7, 11) is 4.28. The lowest BCUT2D eigenvalue weighted by atomic mass is 9.94. The molecule has 2 fully saturated rings. The van der Waals surface area contributed by atoms with E-state index in [9.17, 15) is 4.79 Å². The zero-order valence-electron chi connectivity index (χ0n) is 14.2. The van der Waals surface area contributed by atoms with Gasteiger partial charge in [-0.15, -0.1) is 0 Å². The quantitative estimate of drug-likeness (QED) is 0.782. The molecule has 0 aromatic carbocycles. The van der Waals surface area contributed by atoms with Gasteiger partial charge in [0.25, 0.3) is 0 Å². The Bertz CT molecular complexity index is 355. The van der Waals surface area contributed by atoms with Crippen LogP contribution in [0.3, 0.4) is 0 Å². The van der Waals surface area contributed by atoms with Crippen LogP contribution in [0.5, 0.6) is 0 Å². The van der Waals surface area contributed by atoms with E-state index in [1.165, 1.54) is 25.7 Å². The van der Waals surface area contributed by atoms with Gasteiger partial charge >= 0.3 is 0 Å². The number of hydrogen-bond donors (Lipinski definition) is 2. The van der Waals surface area contributed by atoms with E-state index < -0.39 is 5.54 Å². The molecular weight excluding hydrogens is 264 g/mol. The molecule has 1 saturated carbocycles. The minimum atomic E-state index is -0.422. The van der Waals surface area contributed by atoms with Gasteiger partial charge in [0, 0.05) is 38.3 Å². The van der Waals surface area contributed by atoms with Crippen LogP contribution in [-0.4, -0.2) is 73.6 Å². The normalized spacial score (nSPS) is 23.5. The first kappa shape index (κ1) is 16.7. The van der Waals surface area contributed by atoms with Crippen LogP contribution in [0, 0.1) is 0 Å². The summed E-state index contributed by atoms with van der Waals surface area (Å²) in [6.07, 6.45) is 4.92. The minimum Gasteiger partial charge on any atom is -0.353 e. The molecule has 0 spiro atoms. The van der Waals surface area contributed by atoms with Crippen molar-refractivity contribution < 1.29 is 4.79 Å². The number of rotatable bonds is 5. The Labute approximate surface area is 129 Å². The highest BCUT2D eigenvalue weighted by Gasteiger charge is 2.39. The monoisotopic (exact) mass is 296 g/mol. The van der Waals surface area contributed by atoms with Gasteiger partial charge in [-0.3, -0.25) is 9.69 Å². The zero-order valence-corrected chi connectivity index (χ0v) is 14.2. The van der Waals surface area contributed by atoms with Crippen molar-refractivity contribution in [2.45, 2.75) is 50.6 Å². The number of piperazine rings is 1. The first-order chi connectivity index (χ1) is 9.88. The number of carbonyl (C=O) groups is 1. The molecule has 1 saturated heterocycles. The second-order valence-corrected chi connectivity index (χ2v) is 7.30. The number of carbonyl (C=O) groups excluding carboxylic acids is 1. The van der Waals surface area contributed by atoms with Crippen LogP contribution in [0.2, 0.25) is 0 Å². The van der Waals surface area contributed by atoms with Crippen molar-refractivity contribution in [1.29, 1.82) is 0 Å². The third kappa shape index (κ3) is 3.58. The fourth-order valence-electron chi connectivity index (χ4n) is 3.64. The van der Waals surface area contributed by atoms with E-state index in [1.54, 1.807) is 0 Å². The van der Waals surface area contributed by atoms with E-state index in [2.05, 4.69) is 34.5 Å². The van der Waals surface area contributed by atoms with Crippen LogP contribution in [0.1, 0.15) is 39.5 Å². The highest BCUT2D eigenvalue weighted by Crippen LogP contribution is 2.33. The maximum atomic E-state index is 12.7. The van der Waals surface area contributed by atoms with Crippen LogP contribution < -0.4 is 10.6 Å². The molecule has 5 nitrogen and oxygen atoms in total. The lowest BCUT2D eigenvalue weighted by Gasteiger charge is -2.41. The van der Waals surface area contributed by atoms with Gasteiger partial charge in [0.1, 0.15) is 0 Å². The number of hydrogen-bond acceptors (Lipinski definition) is 4. The molecule has 21 heavy (non-hydrogen) atoms. The van der Waals surface area contributed by atoms with Crippen molar-refractivity contribution in [1.82, 2.24) is 20.4 Å². The van der Waals surface area contributed by atoms with Gasteiger partial charge in [0.2, 0.25) is 5.91 Å². The molecule has 0 bridgehead atoms. The largest absolute Gasteiger partial charge is 0.353 e. The Morgan fingerprint density at radius 3 is 2.33 bits per heavy atom. The summed E-state index contributed by atoms with van der Waals surface area (Å²) < 4.78 is 0. The van der Waals surface area contributed by atoms with Gasteiger partial charge in [0.15, 0.2) is 0 Å². The van der Waals surface area contributed by atoms with Crippen LogP contribution in [0.15, 0.2) is 0 Å². The summed E-state index contributed by atoms with van der Waals surface area (Å²) in [6.45, 7) is 8.69. The summed E-state index contributed by atoms with van der Waals surface area (Å²) in [5.41, 5.74) is -0.261. The molecule has 1 amide bonds. The number of amides is 1. The average Bonchev–Trinajstić information content (AvgIpc) is 2.96. The predicted octanol–water partition coefficient (Wildman–Crippen LogP) is 0.661. The van der Waals surface area contributed by atoms with Crippen LogP contribution >= 0.6 is 0 Å². The summed E-state index contributed by atoms with van der Waals surface area (Å²) in [4.78, 5) is 17.3. The first-order valence-corrected chi connectivity index (χ1v) is 8.30. The van der Waals surface area contributed by atoms with Crippen molar-refractivity contribution in [2.24, 2.45) is 0 Å². The molecular formula is C16H32N4O. The molecule has 2 aliphatic rings. The van der Waals surface area contributed by atoms with Gasteiger partial charge in [-0.1, -0.05) is 12.8 Å². The number of nitrogens with one attached hydrogen (secondary N) is 2. The highest BCUT2D eigenvalue weighted by molar-refractivity contribution is 5.85. The molecule has 0 aromatic heterocycles. The van der Waals surface area contributed by atoms with Gasteiger partial charge in [0.05, 0.1) is 5.54 Å². The molecule has 0 atom stereocenters. The fourth-order valence-corrected chi connectivity index (χ4v) is 3.64. The Balaban J connectivity index is 1.93. The van der Waals surface area contributed by atoms with Crippen LogP contribution in [0.25, 0.3) is 0 Å². The minimum absolute atomic E-state index is 0.162. The number of nitrogens with zero attached hydrogens (tertiary/aromatic N) is 2. The van der Waals surface area contributed by atoms with E-state index in [0.717, 1.165) is 32.7 Å². The Kier molecular flexibility index (Phi) is 5.28. The second-order valence-electron chi connectivity index (χ2n) is 7.30. The zero-order chi connectivity index (χ0) is 15.5. The molecule has 0 aromatic rings. The van der Waals surface area contributed by atoms with E-state index in [4.69, 9.17) is 0 Å². The molecule has 0 radical (unpaired) electrons. The van der Waals surface area contributed by atoms with Crippen molar-refractivity contribution >= 4 is 5.91 Å². The molecule has 1 aliphatic carbocycles. The number of likely N-dealkylation sites (N-methyl/N-ethyl adjacent to an activating group) is 1. The molecule has 0 unspecified atom stereocenters. The Hall–Kier alpha value is -0.650. The molecule has 1 aliphatic heterocycles. The van der Waals surface area contributed by atoms with Gasteiger partial charge in [-0.2, -0.15) is 0 Å². The van der Waals surface area contributed by atoms with Crippen molar-refractivity contribution in [3.63, 3.8) is 0 Å². The summed E-state index contributed by atoms with van der Waals surface area (Å²) in [6, 6.07) is 0. The summed E-state index contributed by atoms with van der Waals surface area (Å²) >= 11 is 0. The average molecular weight is 296 g/mol. The third-order valence-corrected chi connectivity index (χ3v) is 5.52. The molecule has 122 valence electrons. The van der Waals surface area contributed by atoms with Crippen molar-refractivity contribution in [3.05, 3.63) is 0 Å². The maximum absolute atomic E-state index is 12.7. The molecule has 2 rings (SSSR count). The SMILES string of the molecule is CN(C)C1(CNC(=O)C(C)(C)N2CCNCC2)CCCC1. The highest BCUT2D eigenvalue weighted by atomic mass is 16.2. The molecule has 5 heteroatoms. The maximum Gasteiger partial charge on any atom is 0.240 e. The second kappa shape index (κ2) is 6.63. The van der Waals surface area contributed by atoms with Gasteiger partial charge in [-0.25, -0.2) is 0 Å². The smallest absolute Gasteiger partial charge is 0.240 e. The van der Waals surface area contributed by atoms with E-state index >= 15 is 0 Å². The first-order valence-electron chi connectivity index (χ1n) is 8.30. The van der Waals surface area contributed by atoms with Crippen molar-refractivity contribution in [3.8, 4) is 0 Å². The van der Waals surface area contributed by atoms with E-state index in [1.807, 2.05) is 13.8 Å².